The summed E-state index contributed by atoms with van der Waals surface area (Å²) in [5, 5.41) is 6.34. The van der Waals surface area contributed by atoms with Crippen molar-refractivity contribution in [1.82, 2.24) is 5.32 Å². The number of rotatable bonds is 7. The van der Waals surface area contributed by atoms with Crippen molar-refractivity contribution in [3.8, 4) is 5.75 Å². The van der Waals surface area contributed by atoms with Gasteiger partial charge in [0, 0.05) is 12.8 Å². The molecule has 0 unspecified atom stereocenters. The summed E-state index contributed by atoms with van der Waals surface area (Å²) in [5.74, 6) is 0.805. The fourth-order valence-corrected chi connectivity index (χ4v) is 3.26. The van der Waals surface area contributed by atoms with Crippen molar-refractivity contribution in [3.63, 3.8) is 0 Å². The first-order valence-corrected chi connectivity index (χ1v) is 9.00. The summed E-state index contributed by atoms with van der Waals surface area (Å²) in [5.41, 5.74) is 1.44. The molecular formula is C21H26N2O3. The molecule has 1 aliphatic rings. The van der Waals surface area contributed by atoms with Gasteiger partial charge in [-0.3, -0.25) is 4.79 Å². The number of piperidine rings is 1. The van der Waals surface area contributed by atoms with Crippen LogP contribution in [0.1, 0.15) is 18.4 Å². The van der Waals surface area contributed by atoms with Gasteiger partial charge in [-0.1, -0.05) is 30.3 Å². The highest BCUT2D eigenvalue weighted by molar-refractivity contribution is 5.95. The minimum Gasteiger partial charge on any atom is -0.489 e. The van der Waals surface area contributed by atoms with Crippen molar-refractivity contribution in [2.45, 2.75) is 19.4 Å². The van der Waals surface area contributed by atoms with Gasteiger partial charge in [0.05, 0.1) is 12.0 Å². The average Bonchev–Trinajstić information content (AvgIpc) is 2.69. The first-order valence-electron chi connectivity index (χ1n) is 9.00. The second-order valence-electron chi connectivity index (χ2n) is 6.72. The molecule has 26 heavy (non-hydrogen) atoms. The number of carbonyl (C=O) groups excluding carboxylic acids is 1. The van der Waals surface area contributed by atoms with E-state index in [0.717, 1.165) is 42.9 Å². The van der Waals surface area contributed by atoms with E-state index in [2.05, 4.69) is 10.6 Å². The number of nitrogens with one attached hydrogen (secondary N) is 2. The Hall–Kier alpha value is -2.37. The van der Waals surface area contributed by atoms with Crippen LogP contribution >= 0.6 is 0 Å². The Bertz CT molecular complexity index is 689. The number of anilines is 1. The van der Waals surface area contributed by atoms with Crippen molar-refractivity contribution in [3.05, 3.63) is 60.2 Å². The van der Waals surface area contributed by atoms with Gasteiger partial charge >= 0.3 is 0 Å². The fraction of sp³-hybridized carbons (Fsp3) is 0.381. The first-order chi connectivity index (χ1) is 12.7. The Morgan fingerprint density at radius 3 is 2.42 bits per heavy atom. The summed E-state index contributed by atoms with van der Waals surface area (Å²) in [6.07, 6.45) is 1.57. The average molecular weight is 354 g/mol. The molecule has 1 aliphatic heterocycles. The van der Waals surface area contributed by atoms with Gasteiger partial charge < -0.3 is 20.1 Å². The number of amides is 1. The smallest absolute Gasteiger partial charge is 0.233 e. The van der Waals surface area contributed by atoms with E-state index in [9.17, 15) is 4.79 Å². The van der Waals surface area contributed by atoms with Gasteiger partial charge in [0.25, 0.3) is 0 Å². The Morgan fingerprint density at radius 2 is 1.77 bits per heavy atom. The highest BCUT2D eigenvalue weighted by atomic mass is 16.5. The van der Waals surface area contributed by atoms with E-state index in [4.69, 9.17) is 9.47 Å². The van der Waals surface area contributed by atoms with Crippen molar-refractivity contribution >= 4 is 11.6 Å². The number of hydrogen-bond acceptors (Lipinski definition) is 4. The van der Waals surface area contributed by atoms with E-state index >= 15 is 0 Å². The third-order valence-electron chi connectivity index (χ3n) is 4.82. The molecule has 0 spiro atoms. The monoisotopic (exact) mass is 354 g/mol. The molecule has 1 heterocycles. The Morgan fingerprint density at radius 1 is 1.08 bits per heavy atom. The van der Waals surface area contributed by atoms with Crippen LogP contribution in [0.2, 0.25) is 0 Å². The standard InChI is InChI=1S/C21H26N2O3/c1-25-16-21(11-13-22-14-12-21)20(24)23-18-7-9-19(10-8-18)26-15-17-5-3-2-4-6-17/h2-10,22H,11-16H2,1H3,(H,23,24). The number of hydrogen-bond donors (Lipinski definition) is 2. The van der Waals surface area contributed by atoms with Crippen LogP contribution in [0.3, 0.4) is 0 Å². The summed E-state index contributed by atoms with van der Waals surface area (Å²) < 4.78 is 11.1. The van der Waals surface area contributed by atoms with E-state index in [1.807, 2.05) is 54.6 Å². The Kier molecular flexibility index (Phi) is 6.26. The van der Waals surface area contributed by atoms with Crippen LogP contribution < -0.4 is 15.4 Å². The number of ether oxygens (including phenoxy) is 2. The van der Waals surface area contributed by atoms with E-state index in [1.165, 1.54) is 0 Å². The van der Waals surface area contributed by atoms with Gasteiger partial charge in [0.2, 0.25) is 5.91 Å². The van der Waals surface area contributed by atoms with Crippen LogP contribution in [0.15, 0.2) is 54.6 Å². The second kappa shape index (κ2) is 8.83. The molecule has 2 aromatic carbocycles. The van der Waals surface area contributed by atoms with E-state index in [0.29, 0.717) is 13.2 Å². The lowest BCUT2D eigenvalue weighted by Crippen LogP contribution is -2.47. The van der Waals surface area contributed by atoms with Crippen LogP contribution in [-0.4, -0.2) is 32.7 Å². The molecule has 1 amide bonds. The van der Waals surface area contributed by atoms with Gasteiger partial charge in [0.15, 0.2) is 0 Å². The minimum absolute atomic E-state index is 0.0267. The first kappa shape index (κ1) is 18.4. The highest BCUT2D eigenvalue weighted by Crippen LogP contribution is 2.31. The van der Waals surface area contributed by atoms with E-state index in [1.54, 1.807) is 7.11 Å². The molecule has 0 radical (unpaired) electrons. The molecule has 1 fully saturated rings. The number of carbonyl (C=O) groups is 1. The maximum Gasteiger partial charge on any atom is 0.233 e. The summed E-state index contributed by atoms with van der Waals surface area (Å²) in [6.45, 7) is 2.64. The third-order valence-corrected chi connectivity index (χ3v) is 4.82. The maximum absolute atomic E-state index is 12.8. The van der Waals surface area contributed by atoms with Gasteiger partial charge in [-0.2, -0.15) is 0 Å². The topological polar surface area (TPSA) is 59.6 Å². The zero-order valence-corrected chi connectivity index (χ0v) is 15.2. The van der Waals surface area contributed by atoms with Crippen molar-refractivity contribution in [2.75, 3.05) is 32.1 Å². The Labute approximate surface area is 154 Å². The summed E-state index contributed by atoms with van der Waals surface area (Å²) in [7, 11) is 1.65. The van der Waals surface area contributed by atoms with Crippen LogP contribution in [-0.2, 0) is 16.1 Å². The molecule has 0 saturated carbocycles. The van der Waals surface area contributed by atoms with Crippen LogP contribution in [0.25, 0.3) is 0 Å². The van der Waals surface area contributed by atoms with E-state index < -0.39 is 5.41 Å². The highest BCUT2D eigenvalue weighted by Gasteiger charge is 2.39. The molecular weight excluding hydrogens is 328 g/mol. The molecule has 138 valence electrons. The Balaban J connectivity index is 1.58. The SMILES string of the molecule is COCC1(C(=O)Nc2ccc(OCc3ccccc3)cc2)CCNCC1. The quantitative estimate of drug-likeness (QED) is 0.801. The molecule has 5 heteroatoms. The largest absolute Gasteiger partial charge is 0.489 e. The van der Waals surface area contributed by atoms with Crippen molar-refractivity contribution in [1.29, 1.82) is 0 Å². The van der Waals surface area contributed by atoms with Crippen LogP contribution in [0.4, 0.5) is 5.69 Å². The predicted molar refractivity (Wildman–Crippen MR) is 102 cm³/mol. The van der Waals surface area contributed by atoms with Gasteiger partial charge in [-0.25, -0.2) is 0 Å². The number of benzene rings is 2. The van der Waals surface area contributed by atoms with Crippen LogP contribution in [0, 0.1) is 5.41 Å². The summed E-state index contributed by atoms with van der Waals surface area (Å²) in [4.78, 5) is 12.8. The molecule has 0 aliphatic carbocycles. The summed E-state index contributed by atoms with van der Waals surface area (Å²) in [6, 6.07) is 17.5. The van der Waals surface area contributed by atoms with Gasteiger partial charge in [0.1, 0.15) is 12.4 Å². The normalized spacial score (nSPS) is 16.0. The third kappa shape index (κ3) is 4.62. The summed E-state index contributed by atoms with van der Waals surface area (Å²) >= 11 is 0. The molecule has 2 N–H and O–H groups in total. The number of methoxy groups -OCH3 is 1. The van der Waals surface area contributed by atoms with E-state index in [-0.39, 0.29) is 5.91 Å². The lowest BCUT2D eigenvalue weighted by molar-refractivity contribution is -0.130. The molecule has 0 atom stereocenters. The zero-order valence-electron chi connectivity index (χ0n) is 15.2. The molecule has 2 aromatic rings. The fourth-order valence-electron chi connectivity index (χ4n) is 3.26. The molecule has 3 rings (SSSR count). The molecule has 0 aromatic heterocycles. The second-order valence-corrected chi connectivity index (χ2v) is 6.72. The van der Waals surface area contributed by atoms with Crippen molar-refractivity contribution in [2.24, 2.45) is 5.41 Å². The zero-order chi connectivity index (χ0) is 18.2. The molecule has 0 bridgehead atoms. The van der Waals surface area contributed by atoms with Gasteiger partial charge in [-0.15, -0.1) is 0 Å². The molecule has 5 nitrogen and oxygen atoms in total. The maximum atomic E-state index is 12.8. The lowest BCUT2D eigenvalue weighted by atomic mass is 9.78. The van der Waals surface area contributed by atoms with Gasteiger partial charge in [-0.05, 0) is 55.8 Å². The van der Waals surface area contributed by atoms with Crippen LogP contribution in [0.5, 0.6) is 5.75 Å². The predicted octanol–water partition coefficient (Wildman–Crippen LogP) is 3.22. The molecule has 1 saturated heterocycles. The lowest BCUT2D eigenvalue weighted by Gasteiger charge is -2.35. The minimum atomic E-state index is -0.456. The van der Waals surface area contributed by atoms with Crippen molar-refractivity contribution < 1.29 is 14.3 Å².